The fraction of sp³-hybridized carbons (Fsp3) is 1.00. The van der Waals surface area contributed by atoms with Crippen molar-refractivity contribution in [3.63, 3.8) is 0 Å². The Morgan fingerprint density at radius 3 is 2.00 bits per heavy atom. The van der Waals surface area contributed by atoms with Gasteiger partial charge in [0.05, 0.1) is 0 Å². The first-order valence-corrected chi connectivity index (χ1v) is 2.65. The van der Waals surface area contributed by atoms with Gasteiger partial charge in [0.25, 0.3) is 0 Å². The molecule has 0 aliphatic rings. The molecule has 0 aromatic rings. The maximum atomic E-state index is 5.06. The smallest absolute Gasteiger partial charge is 0.102 e. The Kier molecular flexibility index (Phi) is 3.55. The number of thioether (sulfide) groups is 1. The molecule has 0 aliphatic carbocycles. The summed E-state index contributed by atoms with van der Waals surface area (Å²) in [7, 11) is 0. The molecule has 0 amide bonds. The quantitative estimate of drug-likeness (QED) is 0.389. The molecule has 0 radical (unpaired) electrons. The van der Waals surface area contributed by atoms with Crippen molar-refractivity contribution in [1.82, 2.24) is 0 Å². The summed E-state index contributed by atoms with van der Waals surface area (Å²) in [6.07, 6.45) is 0. The van der Waals surface area contributed by atoms with E-state index in [0.29, 0.717) is 5.88 Å². The third kappa shape index (κ3) is 4.23. The zero-order valence-corrected chi connectivity index (χ0v) is 4.24. The lowest BCUT2D eigenvalue weighted by Gasteiger charge is -1.97. The minimum atomic E-state index is -0.310. The molecule has 0 aromatic heterocycles. The van der Waals surface area contributed by atoms with E-state index in [0.717, 1.165) is 0 Å². The Hall–Kier alpha value is 0.230. The predicted octanol–water partition coefficient (Wildman–Crippen LogP) is -1.16. The Morgan fingerprint density at radius 2 is 2.00 bits per heavy atom. The highest BCUT2D eigenvalue weighted by molar-refractivity contribution is 7.99. The van der Waals surface area contributed by atoms with Crippen LogP contribution in [0.3, 0.4) is 0 Å². The van der Waals surface area contributed by atoms with Crippen molar-refractivity contribution < 1.29 is 0 Å². The molecule has 6 N–H and O–H groups in total. The predicted molar refractivity (Wildman–Crippen MR) is 28.8 cm³/mol. The summed E-state index contributed by atoms with van der Waals surface area (Å²) in [6.45, 7) is 0. The Morgan fingerprint density at radius 1 is 1.50 bits per heavy atom. The molecule has 0 rings (SSSR count). The van der Waals surface area contributed by atoms with Crippen LogP contribution in [0.25, 0.3) is 0 Å². The van der Waals surface area contributed by atoms with Gasteiger partial charge in [0, 0.05) is 5.88 Å². The van der Waals surface area contributed by atoms with E-state index in [9.17, 15) is 0 Å². The third-order valence-electron chi connectivity index (χ3n) is 0.289. The molecule has 0 unspecified atom stereocenters. The molecule has 0 bridgehead atoms. The summed E-state index contributed by atoms with van der Waals surface area (Å²) in [5.41, 5.74) is 14.8. The van der Waals surface area contributed by atoms with Crippen LogP contribution >= 0.6 is 11.8 Å². The minimum Gasteiger partial charge on any atom is -0.322 e. The Balaban J connectivity index is 2.63. The van der Waals surface area contributed by atoms with Crippen LogP contribution in [0.1, 0.15) is 0 Å². The number of rotatable bonds is 2. The highest BCUT2D eigenvalue weighted by Crippen LogP contribution is 1.91. The molecule has 0 aliphatic heterocycles. The minimum absolute atomic E-state index is 0.310. The van der Waals surface area contributed by atoms with Gasteiger partial charge in [-0.3, -0.25) is 0 Å². The van der Waals surface area contributed by atoms with Gasteiger partial charge >= 0.3 is 0 Å². The van der Waals surface area contributed by atoms with Gasteiger partial charge in [-0.05, 0) is 0 Å². The summed E-state index contributed by atoms with van der Waals surface area (Å²) >= 11 is 1.32. The van der Waals surface area contributed by atoms with Crippen LogP contribution < -0.4 is 17.2 Å². The number of hydrogen-bond donors (Lipinski definition) is 3. The highest BCUT2D eigenvalue weighted by atomic mass is 32.2. The lowest BCUT2D eigenvalue weighted by Crippen LogP contribution is -2.27. The molecule has 0 saturated heterocycles. The average molecular weight is 107 g/mol. The molecule has 0 atom stereocenters. The van der Waals surface area contributed by atoms with Gasteiger partial charge in [0.2, 0.25) is 0 Å². The number of nitrogens with two attached hydrogens (primary N) is 3. The first kappa shape index (κ1) is 6.23. The standard InChI is InChI=1S/C2H9N3S/c3-1-6-2(4)5/h2H,1,3-5H2. The van der Waals surface area contributed by atoms with Crippen LogP contribution in [0.4, 0.5) is 0 Å². The van der Waals surface area contributed by atoms with E-state index in [1.807, 2.05) is 0 Å². The van der Waals surface area contributed by atoms with E-state index in [4.69, 9.17) is 17.2 Å². The molecule has 3 nitrogen and oxygen atoms in total. The van der Waals surface area contributed by atoms with Crippen LogP contribution in [0, 0.1) is 0 Å². The zero-order valence-electron chi connectivity index (χ0n) is 3.42. The van der Waals surface area contributed by atoms with E-state index in [-0.39, 0.29) is 5.50 Å². The maximum absolute atomic E-state index is 5.06. The average Bonchev–Trinajstić information content (AvgIpc) is 1.35. The number of hydrogen-bond acceptors (Lipinski definition) is 4. The Bertz CT molecular complexity index is 30.0. The van der Waals surface area contributed by atoms with Gasteiger partial charge < -0.3 is 17.2 Å². The van der Waals surface area contributed by atoms with Gasteiger partial charge in [0.1, 0.15) is 5.50 Å². The summed E-state index contributed by atoms with van der Waals surface area (Å²) in [4.78, 5) is 0. The topological polar surface area (TPSA) is 78.1 Å². The lowest BCUT2D eigenvalue weighted by atomic mass is 11.2. The monoisotopic (exact) mass is 107 g/mol. The van der Waals surface area contributed by atoms with E-state index in [1.165, 1.54) is 11.8 Å². The van der Waals surface area contributed by atoms with Crippen molar-refractivity contribution in [2.45, 2.75) is 5.50 Å². The molecule has 0 spiro atoms. The second-order valence-corrected chi connectivity index (χ2v) is 2.01. The lowest BCUT2D eigenvalue weighted by molar-refractivity contribution is 0.986. The second kappa shape index (κ2) is 3.42. The third-order valence-corrected chi connectivity index (χ3v) is 0.866. The van der Waals surface area contributed by atoms with E-state index < -0.39 is 0 Å². The fourth-order valence-electron chi connectivity index (χ4n) is 0.111. The van der Waals surface area contributed by atoms with Crippen LogP contribution in [0.2, 0.25) is 0 Å². The van der Waals surface area contributed by atoms with Gasteiger partial charge in [-0.25, -0.2) is 0 Å². The van der Waals surface area contributed by atoms with E-state index in [2.05, 4.69) is 0 Å². The van der Waals surface area contributed by atoms with Gasteiger partial charge in [0.15, 0.2) is 0 Å². The van der Waals surface area contributed by atoms with Crippen molar-refractivity contribution in [1.29, 1.82) is 0 Å². The molecule has 0 fully saturated rings. The van der Waals surface area contributed by atoms with Crippen molar-refractivity contribution in [3.05, 3.63) is 0 Å². The van der Waals surface area contributed by atoms with Crippen molar-refractivity contribution >= 4 is 11.8 Å². The van der Waals surface area contributed by atoms with Crippen molar-refractivity contribution in [3.8, 4) is 0 Å². The molecule has 38 valence electrons. The summed E-state index contributed by atoms with van der Waals surface area (Å²) < 4.78 is 0. The zero-order chi connectivity index (χ0) is 4.99. The van der Waals surface area contributed by atoms with Gasteiger partial charge in [-0.2, -0.15) is 0 Å². The van der Waals surface area contributed by atoms with Crippen molar-refractivity contribution in [2.24, 2.45) is 17.2 Å². The van der Waals surface area contributed by atoms with Crippen LogP contribution in [0.15, 0.2) is 0 Å². The first-order chi connectivity index (χ1) is 2.77. The summed E-state index contributed by atoms with van der Waals surface area (Å²) in [5, 5.41) is 0. The largest absolute Gasteiger partial charge is 0.322 e. The summed E-state index contributed by atoms with van der Waals surface area (Å²) in [5.74, 6) is 0.498. The van der Waals surface area contributed by atoms with Crippen LogP contribution in [-0.2, 0) is 0 Å². The molecule has 6 heavy (non-hydrogen) atoms. The molecule has 0 saturated carbocycles. The van der Waals surface area contributed by atoms with Gasteiger partial charge in [-0.1, -0.05) is 0 Å². The van der Waals surface area contributed by atoms with Crippen molar-refractivity contribution in [2.75, 3.05) is 5.88 Å². The SMILES string of the molecule is NCSC(N)N. The molecular weight excluding hydrogens is 98.1 g/mol. The van der Waals surface area contributed by atoms with E-state index in [1.54, 1.807) is 0 Å². The van der Waals surface area contributed by atoms with E-state index >= 15 is 0 Å². The molecule has 4 heteroatoms. The molecular formula is C2H9N3S. The van der Waals surface area contributed by atoms with Crippen LogP contribution in [-0.4, -0.2) is 11.4 Å². The second-order valence-electron chi connectivity index (χ2n) is 0.798. The van der Waals surface area contributed by atoms with Gasteiger partial charge in [-0.15, -0.1) is 11.8 Å². The Labute approximate surface area is 41.2 Å². The normalized spacial score (nSPS) is 10.0. The maximum Gasteiger partial charge on any atom is 0.102 e. The fourth-order valence-corrected chi connectivity index (χ4v) is 0.333. The molecule has 0 aromatic carbocycles. The summed E-state index contributed by atoms with van der Waals surface area (Å²) in [6, 6.07) is 0. The molecule has 0 heterocycles. The van der Waals surface area contributed by atoms with Crippen LogP contribution in [0.5, 0.6) is 0 Å². The highest BCUT2D eigenvalue weighted by Gasteiger charge is 1.85. The first-order valence-electron chi connectivity index (χ1n) is 1.60.